The van der Waals surface area contributed by atoms with E-state index in [0.29, 0.717) is 25.5 Å². The van der Waals surface area contributed by atoms with Crippen molar-refractivity contribution in [3.63, 3.8) is 0 Å². The van der Waals surface area contributed by atoms with E-state index in [2.05, 4.69) is 15.9 Å². The lowest BCUT2D eigenvalue weighted by Crippen LogP contribution is -2.16. The van der Waals surface area contributed by atoms with Crippen LogP contribution in [0, 0.1) is 0 Å². The summed E-state index contributed by atoms with van der Waals surface area (Å²) in [4.78, 5) is 0. The highest BCUT2D eigenvalue weighted by molar-refractivity contribution is 9.10. The molecule has 4 nitrogen and oxygen atoms in total. The van der Waals surface area contributed by atoms with E-state index in [0.717, 1.165) is 22.2 Å². The maximum Gasteiger partial charge on any atom is 0.175 e. The number of methoxy groups -OCH3 is 1. The van der Waals surface area contributed by atoms with E-state index in [4.69, 9.17) is 19.9 Å². The first-order valence-electron chi connectivity index (χ1n) is 6.43. The van der Waals surface area contributed by atoms with Crippen molar-refractivity contribution in [2.45, 2.75) is 26.4 Å². The molecular formula is C14H22BrNO3. The molecule has 0 bridgehead atoms. The van der Waals surface area contributed by atoms with Crippen LogP contribution in [0.1, 0.15) is 19.4 Å². The Morgan fingerprint density at radius 2 is 2.05 bits per heavy atom. The van der Waals surface area contributed by atoms with Gasteiger partial charge in [-0.25, -0.2) is 0 Å². The molecule has 0 amide bonds. The quantitative estimate of drug-likeness (QED) is 0.795. The highest BCUT2D eigenvalue weighted by Gasteiger charge is 2.13. The second kappa shape index (κ2) is 8.40. The predicted octanol–water partition coefficient (Wildman–Crippen LogP) is 2.76. The molecule has 0 saturated heterocycles. The Labute approximate surface area is 123 Å². The zero-order valence-corrected chi connectivity index (χ0v) is 13.3. The Morgan fingerprint density at radius 3 is 2.63 bits per heavy atom. The van der Waals surface area contributed by atoms with E-state index >= 15 is 0 Å². The van der Waals surface area contributed by atoms with Gasteiger partial charge in [-0.3, -0.25) is 0 Å². The Balaban J connectivity index is 2.93. The second-order valence-electron chi connectivity index (χ2n) is 4.23. The van der Waals surface area contributed by atoms with Gasteiger partial charge in [-0.2, -0.15) is 0 Å². The number of ether oxygens (including phenoxy) is 3. The molecule has 1 unspecified atom stereocenters. The molecule has 1 atom stereocenters. The Morgan fingerprint density at radius 1 is 1.32 bits per heavy atom. The van der Waals surface area contributed by atoms with Crippen LogP contribution in [0.3, 0.4) is 0 Å². The fraction of sp³-hybridized carbons (Fsp3) is 0.571. The fourth-order valence-electron chi connectivity index (χ4n) is 1.60. The van der Waals surface area contributed by atoms with Crippen LogP contribution in [-0.2, 0) is 11.2 Å². The van der Waals surface area contributed by atoms with E-state index < -0.39 is 0 Å². The summed E-state index contributed by atoms with van der Waals surface area (Å²) in [5, 5.41) is 0. The average molecular weight is 332 g/mol. The zero-order valence-electron chi connectivity index (χ0n) is 11.7. The van der Waals surface area contributed by atoms with Gasteiger partial charge in [0.25, 0.3) is 0 Å². The summed E-state index contributed by atoms with van der Waals surface area (Å²) in [7, 11) is 1.66. The van der Waals surface area contributed by atoms with Gasteiger partial charge in [-0.05, 0) is 60.4 Å². The van der Waals surface area contributed by atoms with Crippen molar-refractivity contribution in [2.75, 3.05) is 26.9 Å². The van der Waals surface area contributed by atoms with Gasteiger partial charge in [-0.1, -0.05) is 0 Å². The Bertz CT molecular complexity index is 399. The van der Waals surface area contributed by atoms with Crippen molar-refractivity contribution in [2.24, 2.45) is 5.73 Å². The number of hydrogen-bond acceptors (Lipinski definition) is 4. The molecule has 0 aliphatic rings. The van der Waals surface area contributed by atoms with Crippen LogP contribution in [0.15, 0.2) is 16.6 Å². The Kier molecular flexibility index (Phi) is 7.20. The summed E-state index contributed by atoms with van der Waals surface area (Å²) in [6, 6.07) is 4.00. The molecule has 1 aromatic rings. The van der Waals surface area contributed by atoms with Crippen molar-refractivity contribution in [1.29, 1.82) is 0 Å². The number of halogens is 1. The summed E-state index contributed by atoms with van der Waals surface area (Å²) in [5.74, 6) is 1.45. The maximum absolute atomic E-state index is 5.78. The maximum atomic E-state index is 5.78. The lowest BCUT2D eigenvalue weighted by atomic mass is 10.1. The van der Waals surface area contributed by atoms with Gasteiger partial charge in [0.2, 0.25) is 0 Å². The average Bonchev–Trinajstić information content (AvgIpc) is 2.38. The van der Waals surface area contributed by atoms with Crippen LogP contribution in [0.5, 0.6) is 11.5 Å². The van der Waals surface area contributed by atoms with Gasteiger partial charge >= 0.3 is 0 Å². The molecule has 1 aromatic carbocycles. The monoisotopic (exact) mass is 331 g/mol. The minimum Gasteiger partial charge on any atom is -0.490 e. The van der Waals surface area contributed by atoms with E-state index in [9.17, 15) is 0 Å². The van der Waals surface area contributed by atoms with E-state index in [1.807, 2.05) is 26.0 Å². The second-order valence-corrected chi connectivity index (χ2v) is 5.09. The van der Waals surface area contributed by atoms with Crippen LogP contribution in [0.25, 0.3) is 0 Å². The minimum atomic E-state index is 0.0325. The summed E-state index contributed by atoms with van der Waals surface area (Å²) in [5.41, 5.74) is 6.71. The molecule has 5 heteroatoms. The summed E-state index contributed by atoms with van der Waals surface area (Å²) in [6.07, 6.45) is 0.845. The molecule has 0 fully saturated rings. The molecule has 0 saturated carbocycles. The van der Waals surface area contributed by atoms with Crippen molar-refractivity contribution in [1.82, 2.24) is 0 Å². The van der Waals surface area contributed by atoms with Crippen LogP contribution < -0.4 is 15.2 Å². The SMILES string of the molecule is CCOc1cc(CCN)cc(Br)c1OCC(C)OC. The molecular weight excluding hydrogens is 310 g/mol. The van der Waals surface area contributed by atoms with Gasteiger partial charge in [0.1, 0.15) is 6.61 Å². The highest BCUT2D eigenvalue weighted by Crippen LogP contribution is 2.37. The molecule has 0 heterocycles. The first kappa shape index (κ1) is 16.3. The van der Waals surface area contributed by atoms with Gasteiger partial charge in [-0.15, -0.1) is 0 Å². The molecule has 2 N–H and O–H groups in total. The lowest BCUT2D eigenvalue weighted by molar-refractivity contribution is 0.0700. The molecule has 19 heavy (non-hydrogen) atoms. The first-order chi connectivity index (χ1) is 9.12. The molecule has 0 aliphatic heterocycles. The minimum absolute atomic E-state index is 0.0325. The molecule has 0 aromatic heterocycles. The first-order valence-corrected chi connectivity index (χ1v) is 7.22. The third-order valence-electron chi connectivity index (χ3n) is 2.67. The van der Waals surface area contributed by atoms with Crippen LogP contribution in [0.4, 0.5) is 0 Å². The van der Waals surface area contributed by atoms with Crippen LogP contribution in [0.2, 0.25) is 0 Å². The summed E-state index contributed by atoms with van der Waals surface area (Å²) >= 11 is 3.52. The number of hydrogen-bond donors (Lipinski definition) is 1. The molecule has 1 rings (SSSR count). The topological polar surface area (TPSA) is 53.7 Å². The number of nitrogens with two attached hydrogens (primary N) is 1. The Hall–Kier alpha value is -0.780. The van der Waals surface area contributed by atoms with Crippen molar-refractivity contribution in [3.8, 4) is 11.5 Å². The largest absolute Gasteiger partial charge is 0.490 e. The van der Waals surface area contributed by atoms with E-state index in [1.165, 1.54) is 0 Å². The summed E-state index contributed by atoms with van der Waals surface area (Å²) in [6.45, 7) is 5.58. The van der Waals surface area contributed by atoms with Crippen molar-refractivity contribution in [3.05, 3.63) is 22.2 Å². The van der Waals surface area contributed by atoms with Gasteiger partial charge in [0, 0.05) is 7.11 Å². The molecule has 108 valence electrons. The predicted molar refractivity (Wildman–Crippen MR) is 80.0 cm³/mol. The standard InChI is InChI=1S/C14H22BrNO3/c1-4-18-13-8-11(5-6-16)7-12(15)14(13)19-9-10(2)17-3/h7-8,10H,4-6,9,16H2,1-3H3. The molecule has 0 spiro atoms. The zero-order chi connectivity index (χ0) is 14.3. The fourth-order valence-corrected chi connectivity index (χ4v) is 2.21. The van der Waals surface area contributed by atoms with Crippen LogP contribution in [-0.4, -0.2) is 33.0 Å². The van der Waals surface area contributed by atoms with Gasteiger partial charge in [0.05, 0.1) is 17.2 Å². The van der Waals surface area contributed by atoms with Crippen molar-refractivity contribution >= 4 is 15.9 Å². The third kappa shape index (κ3) is 5.01. The van der Waals surface area contributed by atoms with Gasteiger partial charge in [0.15, 0.2) is 11.5 Å². The van der Waals surface area contributed by atoms with E-state index in [1.54, 1.807) is 7.11 Å². The van der Waals surface area contributed by atoms with Gasteiger partial charge < -0.3 is 19.9 Å². The van der Waals surface area contributed by atoms with E-state index in [-0.39, 0.29) is 6.10 Å². The lowest BCUT2D eigenvalue weighted by Gasteiger charge is -2.17. The summed E-state index contributed by atoms with van der Waals surface area (Å²) < 4.78 is 17.5. The molecule has 0 radical (unpaired) electrons. The highest BCUT2D eigenvalue weighted by atomic mass is 79.9. The van der Waals surface area contributed by atoms with Crippen LogP contribution >= 0.6 is 15.9 Å². The third-order valence-corrected chi connectivity index (χ3v) is 3.26. The number of rotatable bonds is 8. The smallest absolute Gasteiger partial charge is 0.175 e. The normalized spacial score (nSPS) is 12.3. The molecule has 0 aliphatic carbocycles. The van der Waals surface area contributed by atoms with Crippen molar-refractivity contribution < 1.29 is 14.2 Å². The number of benzene rings is 1.